The van der Waals surface area contributed by atoms with E-state index in [1.807, 2.05) is 59.6 Å². The number of nitrogens with zero attached hydrogens (tertiary/aromatic N) is 2. The molecule has 1 aliphatic rings. The summed E-state index contributed by atoms with van der Waals surface area (Å²) < 4.78 is 5.74. The Bertz CT molecular complexity index is 1140. The van der Waals surface area contributed by atoms with E-state index >= 15 is 0 Å². The number of aromatic nitrogens is 2. The number of aromatic amines is 1. The van der Waals surface area contributed by atoms with Gasteiger partial charge in [0, 0.05) is 35.5 Å². The molecule has 3 heterocycles. The van der Waals surface area contributed by atoms with Crippen LogP contribution in [0.5, 0.6) is 5.75 Å². The van der Waals surface area contributed by atoms with E-state index in [2.05, 4.69) is 28.2 Å². The number of para-hydroxylation sites is 2. The molecule has 29 heavy (non-hydrogen) atoms. The Morgan fingerprint density at radius 2 is 1.90 bits per heavy atom. The minimum Gasteiger partial charge on any atom is -0.484 e. The molecule has 0 saturated heterocycles. The van der Waals surface area contributed by atoms with Crippen LogP contribution in [0, 0.1) is 0 Å². The number of pyridine rings is 1. The Morgan fingerprint density at radius 1 is 1.07 bits per heavy atom. The summed E-state index contributed by atoms with van der Waals surface area (Å²) in [4.78, 5) is 22.9. The van der Waals surface area contributed by atoms with E-state index < -0.39 is 0 Å². The second-order valence-corrected chi connectivity index (χ2v) is 7.19. The molecule has 1 atom stereocenters. The minimum absolute atomic E-state index is 0.0103. The lowest BCUT2D eigenvalue weighted by Gasteiger charge is -2.36. The van der Waals surface area contributed by atoms with Gasteiger partial charge in [-0.1, -0.05) is 42.5 Å². The van der Waals surface area contributed by atoms with E-state index in [-0.39, 0.29) is 18.6 Å². The Labute approximate surface area is 169 Å². The van der Waals surface area contributed by atoms with Gasteiger partial charge in [0.2, 0.25) is 0 Å². The van der Waals surface area contributed by atoms with E-state index in [9.17, 15) is 4.79 Å². The molecule has 0 spiro atoms. The summed E-state index contributed by atoms with van der Waals surface area (Å²) in [5.41, 5.74) is 4.44. The topological polar surface area (TPSA) is 58.2 Å². The fourth-order valence-electron chi connectivity index (χ4n) is 4.14. The van der Waals surface area contributed by atoms with Crippen LogP contribution < -0.4 is 4.74 Å². The molecule has 0 bridgehead atoms. The van der Waals surface area contributed by atoms with Gasteiger partial charge < -0.3 is 14.6 Å². The Kier molecular flexibility index (Phi) is 4.48. The molecule has 0 aliphatic carbocycles. The average Bonchev–Trinajstić information content (AvgIpc) is 3.17. The van der Waals surface area contributed by atoms with Gasteiger partial charge in [-0.3, -0.25) is 9.78 Å². The molecule has 2 aromatic heterocycles. The number of fused-ring (bicyclic) bond motifs is 3. The predicted octanol–water partition coefficient (Wildman–Crippen LogP) is 4.12. The van der Waals surface area contributed by atoms with E-state index in [0.29, 0.717) is 12.3 Å². The summed E-state index contributed by atoms with van der Waals surface area (Å²) in [5.74, 6) is 0.661. The molecule has 5 rings (SSSR count). The molecule has 1 N–H and O–H groups in total. The van der Waals surface area contributed by atoms with Gasteiger partial charge in [0.25, 0.3) is 5.91 Å². The lowest BCUT2D eigenvalue weighted by atomic mass is 9.93. The van der Waals surface area contributed by atoms with Crippen molar-refractivity contribution in [3.63, 3.8) is 0 Å². The molecule has 144 valence electrons. The molecule has 0 saturated carbocycles. The Morgan fingerprint density at radius 3 is 2.72 bits per heavy atom. The van der Waals surface area contributed by atoms with Crippen LogP contribution in [0.25, 0.3) is 10.9 Å². The largest absolute Gasteiger partial charge is 0.484 e. The van der Waals surface area contributed by atoms with Crippen molar-refractivity contribution in [3.8, 4) is 5.75 Å². The van der Waals surface area contributed by atoms with Crippen LogP contribution in [-0.4, -0.2) is 33.9 Å². The monoisotopic (exact) mass is 383 g/mol. The van der Waals surface area contributed by atoms with Gasteiger partial charge in [-0.05, 0) is 41.8 Å². The normalized spacial score (nSPS) is 15.9. The highest BCUT2D eigenvalue weighted by Gasteiger charge is 2.34. The zero-order chi connectivity index (χ0) is 19.6. The number of benzene rings is 2. The van der Waals surface area contributed by atoms with E-state index in [4.69, 9.17) is 4.74 Å². The Balaban J connectivity index is 1.50. The summed E-state index contributed by atoms with van der Waals surface area (Å²) in [6.07, 6.45) is 4.40. The van der Waals surface area contributed by atoms with Crippen LogP contribution in [0.4, 0.5) is 0 Å². The third-order valence-electron chi connectivity index (χ3n) is 5.46. The van der Waals surface area contributed by atoms with E-state index in [1.165, 1.54) is 10.9 Å². The highest BCUT2D eigenvalue weighted by atomic mass is 16.5. The number of carbonyl (C=O) groups is 1. The first-order chi connectivity index (χ1) is 14.3. The molecule has 5 nitrogen and oxygen atoms in total. The number of hydrogen-bond donors (Lipinski definition) is 1. The summed E-state index contributed by atoms with van der Waals surface area (Å²) in [6, 6.07) is 21.5. The summed E-state index contributed by atoms with van der Waals surface area (Å²) in [5, 5.41) is 1.23. The second-order valence-electron chi connectivity index (χ2n) is 7.19. The standard InChI is InChI=1S/C24H21N3O2/c28-22(16-29-18-8-2-1-3-9-18)27-14-12-20-19-10-4-5-11-21(19)26-23(20)24(27)17-7-6-13-25-15-17/h1-11,13,15,24,26H,12,14,16H2/t24-/m0/s1. The van der Waals surface area contributed by atoms with Crippen LogP contribution in [0.1, 0.15) is 22.9 Å². The van der Waals surface area contributed by atoms with Crippen LogP contribution in [-0.2, 0) is 11.2 Å². The zero-order valence-corrected chi connectivity index (χ0v) is 15.9. The van der Waals surface area contributed by atoms with Crippen molar-refractivity contribution in [1.82, 2.24) is 14.9 Å². The van der Waals surface area contributed by atoms with Gasteiger partial charge in [-0.25, -0.2) is 0 Å². The van der Waals surface area contributed by atoms with Gasteiger partial charge in [0.05, 0.1) is 6.04 Å². The van der Waals surface area contributed by atoms with Crippen molar-refractivity contribution < 1.29 is 9.53 Å². The van der Waals surface area contributed by atoms with Gasteiger partial charge in [-0.2, -0.15) is 0 Å². The number of H-pyrrole nitrogens is 1. The minimum atomic E-state index is -0.202. The molecule has 2 aromatic carbocycles. The van der Waals surface area contributed by atoms with Crippen molar-refractivity contribution in [2.24, 2.45) is 0 Å². The second kappa shape index (κ2) is 7.43. The molecule has 0 radical (unpaired) electrons. The SMILES string of the molecule is O=C(COc1ccccc1)N1CCc2c([nH]c3ccccc23)[C@@H]1c1cccnc1. The quantitative estimate of drug-likeness (QED) is 0.577. The van der Waals surface area contributed by atoms with Crippen molar-refractivity contribution in [1.29, 1.82) is 0 Å². The van der Waals surface area contributed by atoms with Crippen LogP contribution in [0.3, 0.4) is 0 Å². The third kappa shape index (κ3) is 3.25. The Hall–Kier alpha value is -3.60. The first kappa shape index (κ1) is 17.5. The van der Waals surface area contributed by atoms with Gasteiger partial charge in [-0.15, -0.1) is 0 Å². The lowest BCUT2D eigenvalue weighted by molar-refractivity contribution is -0.135. The summed E-state index contributed by atoms with van der Waals surface area (Å²) in [7, 11) is 0. The van der Waals surface area contributed by atoms with Crippen molar-refractivity contribution in [2.75, 3.05) is 13.2 Å². The molecule has 1 amide bonds. The fourth-order valence-corrected chi connectivity index (χ4v) is 4.14. The highest BCUT2D eigenvalue weighted by Crippen LogP contribution is 2.38. The third-order valence-corrected chi connectivity index (χ3v) is 5.46. The average molecular weight is 383 g/mol. The lowest BCUT2D eigenvalue weighted by Crippen LogP contribution is -2.43. The molecule has 0 unspecified atom stereocenters. The first-order valence-electron chi connectivity index (χ1n) is 9.78. The van der Waals surface area contributed by atoms with Crippen molar-refractivity contribution in [2.45, 2.75) is 12.5 Å². The smallest absolute Gasteiger partial charge is 0.261 e. The van der Waals surface area contributed by atoms with Gasteiger partial charge >= 0.3 is 0 Å². The predicted molar refractivity (Wildman–Crippen MR) is 112 cm³/mol. The first-order valence-corrected chi connectivity index (χ1v) is 9.78. The van der Waals surface area contributed by atoms with Crippen molar-refractivity contribution in [3.05, 3.63) is 95.9 Å². The molecular formula is C24H21N3O2. The summed E-state index contributed by atoms with van der Waals surface area (Å²) in [6.45, 7) is 0.654. The number of rotatable bonds is 4. The maximum atomic E-state index is 13.1. The van der Waals surface area contributed by atoms with E-state index in [0.717, 1.165) is 23.2 Å². The fraction of sp³-hybridized carbons (Fsp3) is 0.167. The van der Waals surface area contributed by atoms with Crippen LogP contribution >= 0.6 is 0 Å². The highest BCUT2D eigenvalue weighted by molar-refractivity contribution is 5.86. The van der Waals surface area contributed by atoms with Crippen LogP contribution in [0.2, 0.25) is 0 Å². The molecule has 1 aliphatic heterocycles. The van der Waals surface area contributed by atoms with Crippen molar-refractivity contribution >= 4 is 16.8 Å². The molecule has 5 heteroatoms. The number of nitrogens with one attached hydrogen (secondary N) is 1. The van der Waals surface area contributed by atoms with Crippen LogP contribution in [0.15, 0.2) is 79.1 Å². The maximum Gasteiger partial charge on any atom is 0.261 e. The number of amides is 1. The molecule has 4 aromatic rings. The summed E-state index contributed by atoms with van der Waals surface area (Å²) >= 11 is 0. The number of hydrogen-bond acceptors (Lipinski definition) is 3. The number of carbonyl (C=O) groups excluding carboxylic acids is 1. The van der Waals surface area contributed by atoms with E-state index in [1.54, 1.807) is 6.20 Å². The maximum absolute atomic E-state index is 13.1. The number of ether oxygens (including phenoxy) is 1. The molecular weight excluding hydrogens is 362 g/mol. The van der Waals surface area contributed by atoms with Gasteiger partial charge in [0.1, 0.15) is 5.75 Å². The van der Waals surface area contributed by atoms with Gasteiger partial charge in [0.15, 0.2) is 6.61 Å². The molecule has 0 fully saturated rings. The zero-order valence-electron chi connectivity index (χ0n) is 15.9.